The molecule has 1 fully saturated rings. The lowest BCUT2D eigenvalue weighted by molar-refractivity contribution is 0.0928. The van der Waals surface area contributed by atoms with Crippen molar-refractivity contribution >= 4 is 11.8 Å². The highest BCUT2D eigenvalue weighted by atomic mass is 16.5. The van der Waals surface area contributed by atoms with Gasteiger partial charge >= 0.3 is 0 Å². The van der Waals surface area contributed by atoms with Gasteiger partial charge in [0.15, 0.2) is 0 Å². The first kappa shape index (κ1) is 20.8. The van der Waals surface area contributed by atoms with E-state index in [0.29, 0.717) is 18.5 Å². The highest BCUT2D eigenvalue weighted by Crippen LogP contribution is 2.18. The van der Waals surface area contributed by atoms with Crippen molar-refractivity contribution in [2.24, 2.45) is 0 Å². The zero-order valence-corrected chi connectivity index (χ0v) is 16.9. The molecule has 1 aromatic heterocycles. The zero-order valence-electron chi connectivity index (χ0n) is 16.9. The molecule has 2 amide bonds. The lowest BCUT2D eigenvalue weighted by Gasteiger charge is -2.16. The van der Waals surface area contributed by atoms with Crippen molar-refractivity contribution in [3.8, 4) is 5.75 Å². The summed E-state index contributed by atoms with van der Waals surface area (Å²) in [5.74, 6) is 0.384. The molecule has 1 aliphatic rings. The molecule has 0 aliphatic heterocycles. The molecular weight excluding hydrogens is 366 g/mol. The predicted molar refractivity (Wildman–Crippen MR) is 112 cm³/mol. The van der Waals surface area contributed by atoms with Gasteiger partial charge < -0.3 is 15.4 Å². The van der Waals surface area contributed by atoms with Crippen LogP contribution in [-0.4, -0.2) is 36.5 Å². The van der Waals surface area contributed by atoms with Crippen molar-refractivity contribution in [2.45, 2.75) is 51.0 Å². The highest BCUT2D eigenvalue weighted by Gasteiger charge is 2.17. The second kappa shape index (κ2) is 10.6. The Labute approximate surface area is 172 Å². The minimum Gasteiger partial charge on any atom is -0.496 e. The number of rotatable bonds is 7. The summed E-state index contributed by atoms with van der Waals surface area (Å²) in [6.07, 6.45) is 8.95. The first-order valence-electron chi connectivity index (χ1n) is 10.3. The molecule has 0 saturated heterocycles. The van der Waals surface area contributed by atoms with Crippen LogP contribution in [0.5, 0.6) is 5.75 Å². The molecule has 3 rings (SSSR count). The molecule has 2 aromatic rings. The summed E-state index contributed by atoms with van der Waals surface area (Å²) in [6, 6.07) is 11.1. The van der Waals surface area contributed by atoms with Crippen LogP contribution in [-0.2, 0) is 6.42 Å². The van der Waals surface area contributed by atoms with E-state index in [1.807, 2.05) is 24.3 Å². The normalized spacial score (nSPS) is 14.7. The van der Waals surface area contributed by atoms with Crippen molar-refractivity contribution in [1.29, 1.82) is 0 Å². The molecule has 1 saturated carbocycles. The van der Waals surface area contributed by atoms with Crippen LogP contribution in [0.25, 0.3) is 0 Å². The first-order valence-corrected chi connectivity index (χ1v) is 10.3. The van der Waals surface area contributed by atoms with Gasteiger partial charge in [0.25, 0.3) is 11.8 Å². The largest absolute Gasteiger partial charge is 0.496 e. The molecule has 1 aliphatic carbocycles. The standard InChI is InChI=1S/C23H29N3O3/c1-29-21-11-7-6-8-17(21)12-15-25-22(27)18-13-14-24-20(16-18)23(28)26-19-9-4-2-3-5-10-19/h6-8,11,13-14,16,19H,2-5,9-10,12,15H2,1H3,(H,25,27)(H,26,28). The lowest BCUT2D eigenvalue weighted by atomic mass is 10.1. The number of nitrogens with one attached hydrogen (secondary N) is 2. The molecular formula is C23H29N3O3. The number of pyridine rings is 1. The van der Waals surface area contributed by atoms with E-state index in [-0.39, 0.29) is 23.6 Å². The van der Waals surface area contributed by atoms with Crippen LogP contribution in [0.1, 0.15) is 64.9 Å². The minimum absolute atomic E-state index is 0.199. The Morgan fingerprint density at radius 2 is 1.83 bits per heavy atom. The van der Waals surface area contributed by atoms with Crippen LogP contribution in [0, 0.1) is 0 Å². The van der Waals surface area contributed by atoms with Crippen LogP contribution >= 0.6 is 0 Å². The van der Waals surface area contributed by atoms with E-state index in [4.69, 9.17) is 4.74 Å². The summed E-state index contributed by atoms with van der Waals surface area (Å²) in [7, 11) is 1.63. The average Bonchev–Trinajstić information content (AvgIpc) is 3.02. The molecule has 154 valence electrons. The van der Waals surface area contributed by atoms with Gasteiger partial charge in [-0.3, -0.25) is 14.6 Å². The Morgan fingerprint density at radius 3 is 2.59 bits per heavy atom. The van der Waals surface area contributed by atoms with E-state index >= 15 is 0 Å². The number of benzene rings is 1. The average molecular weight is 396 g/mol. The SMILES string of the molecule is COc1ccccc1CCNC(=O)c1ccnc(C(=O)NC2CCCCCC2)c1. The van der Waals surface area contributed by atoms with Crippen molar-refractivity contribution in [3.05, 3.63) is 59.4 Å². The third-order valence-corrected chi connectivity index (χ3v) is 5.32. The van der Waals surface area contributed by atoms with Gasteiger partial charge in [0.2, 0.25) is 0 Å². The smallest absolute Gasteiger partial charge is 0.270 e. The number of hydrogen-bond donors (Lipinski definition) is 2. The second-order valence-electron chi connectivity index (χ2n) is 7.41. The van der Waals surface area contributed by atoms with Crippen LogP contribution in [0.2, 0.25) is 0 Å². The fourth-order valence-electron chi connectivity index (χ4n) is 3.70. The number of ether oxygens (including phenoxy) is 1. The molecule has 1 aromatic carbocycles. The number of carbonyl (C=O) groups is 2. The number of carbonyl (C=O) groups excluding carboxylic acids is 2. The lowest BCUT2D eigenvalue weighted by Crippen LogP contribution is -2.35. The van der Waals surface area contributed by atoms with Gasteiger partial charge in [0.05, 0.1) is 7.11 Å². The van der Waals surface area contributed by atoms with Crippen molar-refractivity contribution in [1.82, 2.24) is 15.6 Å². The number of nitrogens with zero attached hydrogens (tertiary/aromatic N) is 1. The van der Waals surface area contributed by atoms with E-state index in [0.717, 1.165) is 37.0 Å². The predicted octanol–water partition coefficient (Wildman–Crippen LogP) is 3.52. The summed E-state index contributed by atoms with van der Waals surface area (Å²) < 4.78 is 5.33. The Morgan fingerprint density at radius 1 is 1.07 bits per heavy atom. The van der Waals surface area contributed by atoms with Crippen LogP contribution in [0.3, 0.4) is 0 Å². The van der Waals surface area contributed by atoms with Gasteiger partial charge in [-0.25, -0.2) is 0 Å². The van der Waals surface area contributed by atoms with E-state index < -0.39 is 0 Å². The third kappa shape index (κ3) is 6.04. The molecule has 6 nitrogen and oxygen atoms in total. The number of methoxy groups -OCH3 is 1. The van der Waals surface area contributed by atoms with Gasteiger partial charge in [-0.15, -0.1) is 0 Å². The number of hydrogen-bond acceptors (Lipinski definition) is 4. The Balaban J connectivity index is 1.55. The molecule has 0 atom stereocenters. The Kier molecular flexibility index (Phi) is 7.61. The van der Waals surface area contributed by atoms with Crippen LogP contribution in [0.4, 0.5) is 0 Å². The molecule has 2 N–H and O–H groups in total. The van der Waals surface area contributed by atoms with E-state index in [9.17, 15) is 9.59 Å². The Hall–Kier alpha value is -2.89. The number of amides is 2. The summed E-state index contributed by atoms with van der Waals surface area (Å²) in [5, 5.41) is 5.97. The van der Waals surface area contributed by atoms with Crippen LogP contribution < -0.4 is 15.4 Å². The van der Waals surface area contributed by atoms with Crippen molar-refractivity contribution in [3.63, 3.8) is 0 Å². The number of para-hydroxylation sites is 1. The maximum atomic E-state index is 12.6. The maximum absolute atomic E-state index is 12.6. The molecule has 6 heteroatoms. The Bertz CT molecular complexity index is 830. The zero-order chi connectivity index (χ0) is 20.5. The summed E-state index contributed by atoms with van der Waals surface area (Å²) in [6.45, 7) is 0.477. The topological polar surface area (TPSA) is 80.3 Å². The van der Waals surface area contributed by atoms with E-state index in [1.165, 1.54) is 19.0 Å². The van der Waals surface area contributed by atoms with Gasteiger partial charge in [0.1, 0.15) is 11.4 Å². The molecule has 0 unspecified atom stereocenters. The van der Waals surface area contributed by atoms with E-state index in [1.54, 1.807) is 19.2 Å². The summed E-state index contributed by atoms with van der Waals surface area (Å²) in [4.78, 5) is 29.2. The van der Waals surface area contributed by atoms with Gasteiger partial charge in [-0.05, 0) is 43.0 Å². The third-order valence-electron chi connectivity index (χ3n) is 5.32. The minimum atomic E-state index is -0.217. The summed E-state index contributed by atoms with van der Waals surface area (Å²) in [5.41, 5.74) is 1.76. The van der Waals surface area contributed by atoms with E-state index in [2.05, 4.69) is 15.6 Å². The monoisotopic (exact) mass is 395 g/mol. The maximum Gasteiger partial charge on any atom is 0.270 e. The van der Waals surface area contributed by atoms with Crippen LogP contribution in [0.15, 0.2) is 42.6 Å². The molecule has 0 spiro atoms. The van der Waals surface area contributed by atoms with Gasteiger partial charge in [-0.1, -0.05) is 43.9 Å². The fraction of sp³-hybridized carbons (Fsp3) is 0.435. The second-order valence-corrected chi connectivity index (χ2v) is 7.41. The molecule has 0 bridgehead atoms. The molecule has 1 heterocycles. The highest BCUT2D eigenvalue weighted by molar-refractivity contribution is 5.98. The molecule has 0 radical (unpaired) electrons. The van der Waals surface area contributed by atoms with Crippen molar-refractivity contribution in [2.75, 3.05) is 13.7 Å². The number of aromatic nitrogens is 1. The molecule has 29 heavy (non-hydrogen) atoms. The van der Waals surface area contributed by atoms with Crippen molar-refractivity contribution < 1.29 is 14.3 Å². The van der Waals surface area contributed by atoms with Gasteiger partial charge in [-0.2, -0.15) is 0 Å². The quantitative estimate of drug-likeness (QED) is 0.703. The van der Waals surface area contributed by atoms with Gasteiger partial charge in [0, 0.05) is 24.3 Å². The fourth-order valence-corrected chi connectivity index (χ4v) is 3.70. The first-order chi connectivity index (χ1) is 14.2. The summed E-state index contributed by atoms with van der Waals surface area (Å²) >= 11 is 0.